The number of nitrogens with one attached hydrogen (secondary N) is 1. The summed E-state index contributed by atoms with van der Waals surface area (Å²) in [6, 6.07) is 10.6. The zero-order valence-electron chi connectivity index (χ0n) is 10.2. The molecule has 0 fully saturated rings. The molecule has 2 aromatic rings. The molecule has 0 saturated heterocycles. The molecule has 0 atom stereocenters. The molecule has 0 aromatic heterocycles. The first-order valence-corrected chi connectivity index (χ1v) is 6.20. The number of halogens is 1. The zero-order valence-corrected chi connectivity index (χ0v) is 10.9. The van der Waals surface area contributed by atoms with Gasteiger partial charge in [0.1, 0.15) is 0 Å². The quantitative estimate of drug-likeness (QED) is 0.736. The van der Waals surface area contributed by atoms with Crippen LogP contribution < -0.4 is 5.32 Å². The van der Waals surface area contributed by atoms with E-state index in [0.717, 1.165) is 11.1 Å². The number of hydrogen-bond donors (Lipinski definition) is 1. The molecule has 2 aromatic carbocycles. The number of hydrogen-bond acceptors (Lipinski definition) is 2. The van der Waals surface area contributed by atoms with E-state index in [1.54, 1.807) is 24.3 Å². The molecule has 0 unspecified atom stereocenters. The maximum Gasteiger partial charge on any atom is 0.221 e. The number of ketones is 1. The second kappa shape index (κ2) is 4.21. The summed E-state index contributed by atoms with van der Waals surface area (Å²) in [4.78, 5) is 23.4. The van der Waals surface area contributed by atoms with Crippen molar-refractivity contribution in [1.82, 2.24) is 0 Å². The number of rotatable bonds is 1. The molecule has 1 aliphatic carbocycles. The smallest absolute Gasteiger partial charge is 0.221 e. The Labute approximate surface area is 115 Å². The highest BCUT2D eigenvalue weighted by Crippen LogP contribution is 2.38. The molecule has 0 spiro atoms. The van der Waals surface area contributed by atoms with Gasteiger partial charge in [0.05, 0.1) is 0 Å². The van der Waals surface area contributed by atoms with Crippen molar-refractivity contribution in [3.8, 4) is 11.1 Å². The molecule has 1 amide bonds. The summed E-state index contributed by atoms with van der Waals surface area (Å²) in [6.45, 7) is 1.43. The molecule has 3 nitrogen and oxygen atoms in total. The van der Waals surface area contributed by atoms with E-state index in [4.69, 9.17) is 11.6 Å². The molecule has 1 N–H and O–H groups in total. The van der Waals surface area contributed by atoms with Crippen molar-refractivity contribution in [3.05, 3.63) is 52.5 Å². The van der Waals surface area contributed by atoms with Crippen molar-refractivity contribution >= 4 is 29.0 Å². The number of benzene rings is 2. The van der Waals surface area contributed by atoms with E-state index in [2.05, 4.69) is 5.32 Å². The average Bonchev–Trinajstić information content (AvgIpc) is 2.62. The van der Waals surface area contributed by atoms with E-state index in [1.165, 1.54) is 6.92 Å². The van der Waals surface area contributed by atoms with E-state index >= 15 is 0 Å². The minimum absolute atomic E-state index is 0.0558. The van der Waals surface area contributed by atoms with Crippen LogP contribution in [-0.4, -0.2) is 11.7 Å². The fourth-order valence-electron chi connectivity index (χ4n) is 2.33. The molecular weight excluding hydrogens is 262 g/mol. The van der Waals surface area contributed by atoms with Crippen LogP contribution >= 0.6 is 11.6 Å². The topological polar surface area (TPSA) is 46.2 Å². The van der Waals surface area contributed by atoms with Crippen molar-refractivity contribution in [2.75, 3.05) is 5.32 Å². The highest BCUT2D eigenvalue weighted by atomic mass is 35.5. The number of carbonyl (C=O) groups is 2. The Bertz CT molecular complexity index is 722. The second-order valence-corrected chi connectivity index (χ2v) is 4.90. The molecule has 0 bridgehead atoms. The van der Waals surface area contributed by atoms with Crippen molar-refractivity contribution < 1.29 is 9.59 Å². The van der Waals surface area contributed by atoms with E-state index in [-0.39, 0.29) is 11.7 Å². The maximum atomic E-state index is 12.3. The van der Waals surface area contributed by atoms with Crippen molar-refractivity contribution in [2.24, 2.45) is 0 Å². The molecule has 4 heteroatoms. The van der Waals surface area contributed by atoms with Crippen LogP contribution in [0.5, 0.6) is 0 Å². The van der Waals surface area contributed by atoms with E-state index in [1.807, 2.05) is 12.1 Å². The summed E-state index contributed by atoms with van der Waals surface area (Å²) in [6.07, 6.45) is 0. The minimum Gasteiger partial charge on any atom is -0.326 e. The molecule has 0 aliphatic heterocycles. The van der Waals surface area contributed by atoms with Gasteiger partial charge < -0.3 is 5.32 Å². The largest absolute Gasteiger partial charge is 0.326 e. The molecule has 0 heterocycles. The van der Waals surface area contributed by atoms with Crippen molar-refractivity contribution in [3.63, 3.8) is 0 Å². The van der Waals surface area contributed by atoms with Gasteiger partial charge in [0, 0.05) is 28.8 Å². The van der Waals surface area contributed by atoms with Crippen molar-refractivity contribution in [1.29, 1.82) is 0 Å². The van der Waals surface area contributed by atoms with Gasteiger partial charge in [0.2, 0.25) is 5.91 Å². The van der Waals surface area contributed by atoms with Gasteiger partial charge in [-0.15, -0.1) is 0 Å². The van der Waals surface area contributed by atoms with Crippen LogP contribution in [0.3, 0.4) is 0 Å². The molecule has 0 radical (unpaired) electrons. The summed E-state index contributed by atoms with van der Waals surface area (Å²) < 4.78 is 0. The fraction of sp³-hybridized carbons (Fsp3) is 0.0667. The first kappa shape index (κ1) is 11.9. The lowest BCUT2D eigenvalue weighted by molar-refractivity contribution is -0.114. The Morgan fingerprint density at radius 2 is 1.63 bits per heavy atom. The lowest BCUT2D eigenvalue weighted by Gasteiger charge is -2.04. The van der Waals surface area contributed by atoms with Crippen LogP contribution in [0.2, 0.25) is 5.02 Å². The van der Waals surface area contributed by atoms with Gasteiger partial charge >= 0.3 is 0 Å². The third-order valence-corrected chi connectivity index (χ3v) is 3.34. The van der Waals surface area contributed by atoms with Gasteiger partial charge in [-0.2, -0.15) is 0 Å². The number of anilines is 1. The zero-order chi connectivity index (χ0) is 13.6. The van der Waals surface area contributed by atoms with Crippen LogP contribution in [0.1, 0.15) is 22.8 Å². The standard InChI is InChI=1S/C15H10ClNO2/c1-8(18)17-10-3-5-12-11-4-2-9(16)6-13(11)15(19)14(12)7-10/h2-7H,1H3,(H,17,18). The summed E-state index contributed by atoms with van der Waals surface area (Å²) >= 11 is 5.92. The number of carbonyl (C=O) groups excluding carboxylic acids is 2. The Morgan fingerprint density at radius 3 is 2.32 bits per heavy atom. The summed E-state index contributed by atoms with van der Waals surface area (Å²) in [5.41, 5.74) is 3.61. The number of fused-ring (bicyclic) bond motifs is 3. The Kier molecular flexibility index (Phi) is 2.64. The first-order chi connectivity index (χ1) is 9.06. The molecule has 3 rings (SSSR count). The third-order valence-electron chi connectivity index (χ3n) is 3.10. The van der Waals surface area contributed by atoms with Gasteiger partial charge in [0.15, 0.2) is 5.78 Å². The second-order valence-electron chi connectivity index (χ2n) is 4.46. The summed E-state index contributed by atoms with van der Waals surface area (Å²) in [5, 5.41) is 3.22. The van der Waals surface area contributed by atoms with E-state index in [0.29, 0.717) is 21.8 Å². The van der Waals surface area contributed by atoms with Crippen LogP contribution in [0.15, 0.2) is 36.4 Å². The number of amides is 1. The lowest BCUT2D eigenvalue weighted by atomic mass is 10.1. The van der Waals surface area contributed by atoms with Crippen LogP contribution in [0.25, 0.3) is 11.1 Å². The molecule has 0 saturated carbocycles. The van der Waals surface area contributed by atoms with Gasteiger partial charge in [0.25, 0.3) is 0 Å². The van der Waals surface area contributed by atoms with Crippen LogP contribution in [0, 0.1) is 0 Å². The Balaban J connectivity index is 2.13. The first-order valence-electron chi connectivity index (χ1n) is 5.82. The molecular formula is C15H10ClNO2. The van der Waals surface area contributed by atoms with E-state index < -0.39 is 0 Å². The minimum atomic E-state index is -0.161. The third kappa shape index (κ3) is 1.92. The highest BCUT2D eigenvalue weighted by Gasteiger charge is 2.26. The Morgan fingerprint density at radius 1 is 1.00 bits per heavy atom. The van der Waals surface area contributed by atoms with Crippen molar-refractivity contribution in [2.45, 2.75) is 6.92 Å². The van der Waals surface area contributed by atoms with Gasteiger partial charge in [-0.25, -0.2) is 0 Å². The fourth-order valence-corrected chi connectivity index (χ4v) is 2.50. The predicted molar refractivity (Wildman–Crippen MR) is 74.6 cm³/mol. The molecule has 1 aliphatic rings. The van der Waals surface area contributed by atoms with E-state index in [9.17, 15) is 9.59 Å². The average molecular weight is 272 g/mol. The summed E-state index contributed by atoms with van der Waals surface area (Å²) in [7, 11) is 0. The van der Waals surface area contributed by atoms with Crippen LogP contribution in [-0.2, 0) is 4.79 Å². The lowest BCUT2D eigenvalue weighted by Crippen LogP contribution is -2.06. The normalized spacial score (nSPS) is 12.0. The molecule has 94 valence electrons. The highest BCUT2D eigenvalue weighted by molar-refractivity contribution is 6.32. The molecule has 19 heavy (non-hydrogen) atoms. The van der Waals surface area contributed by atoms with Gasteiger partial charge in [-0.1, -0.05) is 23.7 Å². The van der Waals surface area contributed by atoms with Crippen LogP contribution in [0.4, 0.5) is 5.69 Å². The SMILES string of the molecule is CC(=O)Nc1ccc2c(c1)C(=O)c1cc(Cl)ccc1-2. The summed E-state index contributed by atoms with van der Waals surface area (Å²) in [5.74, 6) is -0.217. The van der Waals surface area contributed by atoms with Gasteiger partial charge in [-0.3, -0.25) is 9.59 Å². The predicted octanol–water partition coefficient (Wildman–Crippen LogP) is 3.51. The maximum absolute atomic E-state index is 12.3. The van der Waals surface area contributed by atoms with Gasteiger partial charge in [-0.05, 0) is 35.4 Å². The Hall–Kier alpha value is -2.13. The monoisotopic (exact) mass is 271 g/mol.